The Balaban J connectivity index is 2.82. The number of hydrogen-bond donors (Lipinski definition) is 0. The molecule has 1 aromatic heterocycles. The molecule has 0 unspecified atom stereocenters. The number of aromatic nitrogens is 1. The van der Waals surface area contributed by atoms with Gasteiger partial charge in [0, 0.05) is 13.1 Å². The van der Waals surface area contributed by atoms with Crippen molar-refractivity contribution in [3.63, 3.8) is 0 Å². The molecule has 0 aliphatic rings. The number of nitro groups is 1. The van der Waals surface area contributed by atoms with Crippen LogP contribution >= 0.6 is 11.6 Å². The zero-order valence-electron chi connectivity index (χ0n) is 11.5. The second-order valence-electron chi connectivity index (χ2n) is 4.50. The molecule has 0 saturated carbocycles. The third kappa shape index (κ3) is 5.00. The molecule has 0 amide bonds. The second kappa shape index (κ2) is 7.25. The summed E-state index contributed by atoms with van der Waals surface area (Å²) in [5.41, 5.74) is -0.0268. The number of anilines is 1. The van der Waals surface area contributed by atoms with E-state index in [0.29, 0.717) is 5.82 Å². The Kier molecular flexibility index (Phi) is 5.98. The molecule has 19 heavy (non-hydrogen) atoms. The van der Waals surface area contributed by atoms with Gasteiger partial charge in [0.2, 0.25) is 0 Å². The van der Waals surface area contributed by atoms with Gasteiger partial charge in [-0.05, 0) is 34.0 Å². The number of rotatable bonds is 7. The highest BCUT2D eigenvalue weighted by Crippen LogP contribution is 2.23. The van der Waals surface area contributed by atoms with Crippen LogP contribution in [0.2, 0.25) is 5.15 Å². The summed E-state index contributed by atoms with van der Waals surface area (Å²) in [7, 11) is 4.03. The predicted molar refractivity (Wildman–Crippen MR) is 77.0 cm³/mol. The quantitative estimate of drug-likeness (QED) is 0.438. The lowest BCUT2D eigenvalue weighted by atomic mass is 10.3. The minimum atomic E-state index is -0.454. The smallest absolute Gasteiger partial charge is 0.276 e. The van der Waals surface area contributed by atoms with Gasteiger partial charge >= 0.3 is 0 Å². The van der Waals surface area contributed by atoms with Crippen molar-refractivity contribution >= 4 is 23.1 Å². The minimum Gasteiger partial charge on any atom is -0.357 e. The SMILES string of the molecule is CCN(CCCN(C)C)c1cc([N+](=O)[O-])cc(Cl)n1. The highest BCUT2D eigenvalue weighted by molar-refractivity contribution is 6.29. The summed E-state index contributed by atoms with van der Waals surface area (Å²) in [5, 5.41) is 11.0. The van der Waals surface area contributed by atoms with Crippen LogP contribution in [0.4, 0.5) is 11.5 Å². The van der Waals surface area contributed by atoms with E-state index in [4.69, 9.17) is 11.6 Å². The van der Waals surface area contributed by atoms with Crippen LogP contribution in [0, 0.1) is 10.1 Å². The van der Waals surface area contributed by atoms with Crippen LogP contribution in [0.5, 0.6) is 0 Å². The van der Waals surface area contributed by atoms with Crippen molar-refractivity contribution in [2.24, 2.45) is 0 Å². The van der Waals surface area contributed by atoms with Crippen LogP contribution in [0.3, 0.4) is 0 Å². The molecule has 0 aromatic carbocycles. The summed E-state index contributed by atoms with van der Waals surface area (Å²) in [6, 6.07) is 2.73. The van der Waals surface area contributed by atoms with E-state index in [1.165, 1.54) is 12.1 Å². The monoisotopic (exact) mass is 286 g/mol. The number of pyridine rings is 1. The normalized spacial score (nSPS) is 10.8. The topological polar surface area (TPSA) is 62.5 Å². The van der Waals surface area contributed by atoms with Crippen LogP contribution in [-0.4, -0.2) is 48.5 Å². The van der Waals surface area contributed by atoms with Crippen LogP contribution in [0.25, 0.3) is 0 Å². The largest absolute Gasteiger partial charge is 0.357 e. The summed E-state index contributed by atoms with van der Waals surface area (Å²) in [4.78, 5) is 18.6. The van der Waals surface area contributed by atoms with E-state index in [-0.39, 0.29) is 10.8 Å². The highest BCUT2D eigenvalue weighted by Gasteiger charge is 2.14. The van der Waals surface area contributed by atoms with Gasteiger partial charge < -0.3 is 9.80 Å². The first-order valence-electron chi connectivity index (χ1n) is 6.15. The number of halogens is 1. The first-order chi connectivity index (χ1) is 8.93. The fourth-order valence-corrected chi connectivity index (χ4v) is 1.95. The summed E-state index contributed by atoms with van der Waals surface area (Å²) in [6.07, 6.45) is 0.961. The molecule has 0 spiro atoms. The average molecular weight is 287 g/mol. The average Bonchev–Trinajstić information content (AvgIpc) is 2.33. The first-order valence-corrected chi connectivity index (χ1v) is 6.53. The summed E-state index contributed by atoms with van der Waals surface area (Å²) >= 11 is 5.83. The van der Waals surface area contributed by atoms with E-state index >= 15 is 0 Å². The Morgan fingerprint density at radius 1 is 1.37 bits per heavy atom. The van der Waals surface area contributed by atoms with E-state index < -0.39 is 4.92 Å². The molecule has 0 aliphatic heterocycles. The number of nitrogens with zero attached hydrogens (tertiary/aromatic N) is 4. The Morgan fingerprint density at radius 3 is 2.58 bits per heavy atom. The van der Waals surface area contributed by atoms with E-state index in [2.05, 4.69) is 9.88 Å². The van der Waals surface area contributed by atoms with E-state index in [9.17, 15) is 10.1 Å². The maximum Gasteiger partial charge on any atom is 0.276 e. The zero-order valence-corrected chi connectivity index (χ0v) is 12.2. The van der Waals surface area contributed by atoms with Gasteiger partial charge in [0.05, 0.1) is 17.1 Å². The fourth-order valence-electron chi connectivity index (χ4n) is 1.75. The molecule has 0 bridgehead atoms. The lowest BCUT2D eigenvalue weighted by Gasteiger charge is -2.22. The molecular weight excluding hydrogens is 268 g/mol. The van der Waals surface area contributed by atoms with Crippen molar-refractivity contribution in [3.8, 4) is 0 Å². The summed E-state index contributed by atoms with van der Waals surface area (Å²) < 4.78 is 0. The number of hydrogen-bond acceptors (Lipinski definition) is 5. The molecule has 1 rings (SSSR count). The molecule has 0 saturated heterocycles. The molecule has 1 heterocycles. The summed E-state index contributed by atoms with van der Waals surface area (Å²) in [6.45, 7) is 4.47. The fraction of sp³-hybridized carbons (Fsp3) is 0.583. The predicted octanol–water partition coefficient (Wildman–Crippen LogP) is 2.42. The van der Waals surface area contributed by atoms with Crippen molar-refractivity contribution in [1.82, 2.24) is 9.88 Å². The molecule has 0 fully saturated rings. The maximum absolute atomic E-state index is 10.8. The van der Waals surface area contributed by atoms with Crippen LogP contribution < -0.4 is 4.90 Å². The van der Waals surface area contributed by atoms with Gasteiger partial charge in [-0.25, -0.2) is 4.98 Å². The van der Waals surface area contributed by atoms with Crippen molar-refractivity contribution in [1.29, 1.82) is 0 Å². The van der Waals surface area contributed by atoms with Gasteiger partial charge in [0.1, 0.15) is 11.0 Å². The molecule has 6 nitrogen and oxygen atoms in total. The molecule has 1 aromatic rings. The Hall–Kier alpha value is -1.40. The van der Waals surface area contributed by atoms with Gasteiger partial charge in [0.15, 0.2) is 0 Å². The molecular formula is C12H19ClN4O2. The molecule has 0 aliphatic carbocycles. The van der Waals surface area contributed by atoms with Crippen molar-refractivity contribution in [3.05, 3.63) is 27.4 Å². The lowest BCUT2D eigenvalue weighted by Crippen LogP contribution is -2.27. The zero-order chi connectivity index (χ0) is 14.4. The molecule has 106 valence electrons. The maximum atomic E-state index is 10.8. The van der Waals surface area contributed by atoms with E-state index in [0.717, 1.165) is 26.1 Å². The van der Waals surface area contributed by atoms with Gasteiger partial charge in [-0.15, -0.1) is 0 Å². The summed E-state index contributed by atoms with van der Waals surface area (Å²) in [5.74, 6) is 0.556. The minimum absolute atomic E-state index is 0.0268. The van der Waals surface area contributed by atoms with Crippen LogP contribution in [0.15, 0.2) is 12.1 Å². The van der Waals surface area contributed by atoms with Gasteiger partial charge in [0.25, 0.3) is 5.69 Å². The van der Waals surface area contributed by atoms with Gasteiger partial charge in [-0.2, -0.15) is 0 Å². The third-order valence-electron chi connectivity index (χ3n) is 2.72. The highest BCUT2D eigenvalue weighted by atomic mass is 35.5. The second-order valence-corrected chi connectivity index (χ2v) is 4.89. The molecule has 0 N–H and O–H groups in total. The molecule has 7 heteroatoms. The van der Waals surface area contributed by atoms with Crippen LogP contribution in [-0.2, 0) is 0 Å². The molecule has 0 radical (unpaired) electrons. The van der Waals surface area contributed by atoms with E-state index in [1.54, 1.807) is 0 Å². The van der Waals surface area contributed by atoms with Gasteiger partial charge in [-0.3, -0.25) is 10.1 Å². The molecule has 0 atom stereocenters. The van der Waals surface area contributed by atoms with Crippen LogP contribution in [0.1, 0.15) is 13.3 Å². The lowest BCUT2D eigenvalue weighted by molar-refractivity contribution is -0.384. The standard InChI is InChI=1S/C12H19ClN4O2/c1-4-16(7-5-6-15(2)3)12-9-10(17(18)19)8-11(13)14-12/h8-9H,4-7H2,1-3H3. The Bertz CT molecular complexity index is 440. The van der Waals surface area contributed by atoms with Gasteiger partial charge in [-0.1, -0.05) is 11.6 Å². The third-order valence-corrected chi connectivity index (χ3v) is 2.91. The van der Waals surface area contributed by atoms with E-state index in [1.807, 2.05) is 25.9 Å². The van der Waals surface area contributed by atoms with Crippen molar-refractivity contribution < 1.29 is 4.92 Å². The van der Waals surface area contributed by atoms with Crippen molar-refractivity contribution in [2.75, 3.05) is 38.6 Å². The Morgan fingerprint density at radius 2 is 2.05 bits per heavy atom. The van der Waals surface area contributed by atoms with Crippen molar-refractivity contribution in [2.45, 2.75) is 13.3 Å². The first kappa shape index (κ1) is 15.7. The Labute approximate surface area is 118 Å².